The van der Waals surface area contributed by atoms with Crippen LogP contribution in [0.15, 0.2) is 53.4 Å². The summed E-state index contributed by atoms with van der Waals surface area (Å²) in [5.74, 6) is -0.445. The Bertz CT molecular complexity index is 927. The first-order chi connectivity index (χ1) is 12.8. The van der Waals surface area contributed by atoms with Crippen molar-refractivity contribution in [1.29, 1.82) is 0 Å². The van der Waals surface area contributed by atoms with E-state index in [9.17, 15) is 18.0 Å². The van der Waals surface area contributed by atoms with Crippen LogP contribution in [-0.2, 0) is 30.8 Å². The van der Waals surface area contributed by atoms with E-state index in [-0.39, 0.29) is 17.0 Å². The van der Waals surface area contributed by atoms with E-state index < -0.39 is 28.5 Å². The molecule has 2 rings (SSSR count). The molecule has 0 radical (unpaired) electrons. The Morgan fingerprint density at radius 1 is 1.11 bits per heavy atom. The average Bonchev–Trinajstić information content (AvgIpc) is 2.64. The van der Waals surface area contributed by atoms with Crippen molar-refractivity contribution >= 4 is 27.6 Å². The summed E-state index contributed by atoms with van der Waals surface area (Å²) in [6.07, 6.45) is 0.509. The lowest BCUT2D eigenvalue weighted by atomic mass is 10.1. The van der Waals surface area contributed by atoms with Crippen LogP contribution in [0.3, 0.4) is 0 Å². The molecule has 1 amide bonds. The van der Waals surface area contributed by atoms with Gasteiger partial charge in [0.15, 0.2) is 6.61 Å². The fourth-order valence-corrected chi connectivity index (χ4v) is 2.87. The van der Waals surface area contributed by atoms with Gasteiger partial charge in [-0.2, -0.15) is 0 Å². The fourth-order valence-electron chi connectivity index (χ4n) is 2.31. The minimum atomic E-state index is -3.87. The second kappa shape index (κ2) is 9.15. The summed E-state index contributed by atoms with van der Waals surface area (Å²) in [6.45, 7) is -0.482. The first-order valence-electron chi connectivity index (χ1n) is 8.00. The molecule has 0 atom stereocenters. The molecule has 0 bridgehead atoms. The fraction of sp³-hybridized carbons (Fsp3) is 0.222. The van der Waals surface area contributed by atoms with Gasteiger partial charge in [0.2, 0.25) is 10.0 Å². The number of hydrogen-bond acceptors (Lipinski definition) is 6. The van der Waals surface area contributed by atoms with Crippen LogP contribution in [0.1, 0.15) is 12.0 Å². The van der Waals surface area contributed by atoms with E-state index >= 15 is 0 Å². The first-order valence-corrected chi connectivity index (χ1v) is 9.54. The number of anilines is 1. The summed E-state index contributed by atoms with van der Waals surface area (Å²) in [6, 6.07) is 12.8. The highest BCUT2D eigenvalue weighted by Gasteiger charge is 2.12. The summed E-state index contributed by atoms with van der Waals surface area (Å²) >= 11 is 0. The molecular formula is C18H20N2O6S. The predicted molar refractivity (Wildman–Crippen MR) is 98.7 cm³/mol. The van der Waals surface area contributed by atoms with Crippen LogP contribution in [0.5, 0.6) is 5.75 Å². The van der Waals surface area contributed by atoms with Crippen molar-refractivity contribution in [2.24, 2.45) is 5.14 Å². The Morgan fingerprint density at radius 2 is 1.85 bits per heavy atom. The van der Waals surface area contributed by atoms with Crippen LogP contribution in [-0.4, -0.2) is 34.0 Å². The molecule has 9 heteroatoms. The SMILES string of the molecule is COc1ccccc1CCC(=O)OCC(=O)Nc1cccc(S(N)(=O)=O)c1. The molecule has 0 heterocycles. The van der Waals surface area contributed by atoms with Crippen LogP contribution in [0.4, 0.5) is 5.69 Å². The molecule has 0 fully saturated rings. The Morgan fingerprint density at radius 3 is 2.56 bits per heavy atom. The number of nitrogens with one attached hydrogen (secondary N) is 1. The standard InChI is InChI=1S/C18H20N2O6S/c1-25-16-8-3-2-5-13(16)9-10-18(22)26-12-17(21)20-14-6-4-7-15(11-14)27(19,23)24/h2-8,11H,9-10,12H2,1H3,(H,20,21)(H2,19,23,24). The van der Waals surface area contributed by atoms with E-state index in [4.69, 9.17) is 14.6 Å². The van der Waals surface area contributed by atoms with Gasteiger partial charge in [-0.1, -0.05) is 24.3 Å². The molecule has 0 saturated heterocycles. The number of esters is 1. The van der Waals surface area contributed by atoms with Gasteiger partial charge < -0.3 is 14.8 Å². The highest BCUT2D eigenvalue weighted by atomic mass is 32.2. The molecule has 0 aliphatic heterocycles. The highest BCUT2D eigenvalue weighted by molar-refractivity contribution is 7.89. The Balaban J connectivity index is 1.82. The lowest BCUT2D eigenvalue weighted by Crippen LogP contribution is -2.21. The number of aryl methyl sites for hydroxylation is 1. The molecule has 27 heavy (non-hydrogen) atoms. The van der Waals surface area contributed by atoms with E-state index in [1.165, 1.54) is 24.3 Å². The van der Waals surface area contributed by atoms with Gasteiger partial charge in [-0.05, 0) is 36.2 Å². The third kappa shape index (κ3) is 6.39. The molecule has 0 saturated carbocycles. The maximum absolute atomic E-state index is 11.9. The number of benzene rings is 2. The number of methoxy groups -OCH3 is 1. The molecule has 0 unspecified atom stereocenters. The summed E-state index contributed by atoms with van der Waals surface area (Å²) in [7, 11) is -2.33. The summed E-state index contributed by atoms with van der Waals surface area (Å²) < 4.78 is 32.8. The number of carbonyl (C=O) groups excluding carboxylic acids is 2. The van der Waals surface area contributed by atoms with E-state index in [1.807, 2.05) is 18.2 Å². The average molecular weight is 392 g/mol. The lowest BCUT2D eigenvalue weighted by molar-refractivity contribution is -0.147. The van der Waals surface area contributed by atoms with Crippen molar-refractivity contribution in [1.82, 2.24) is 0 Å². The van der Waals surface area contributed by atoms with Gasteiger partial charge in [0.05, 0.1) is 12.0 Å². The van der Waals surface area contributed by atoms with E-state index in [2.05, 4.69) is 5.32 Å². The van der Waals surface area contributed by atoms with Crippen molar-refractivity contribution in [2.45, 2.75) is 17.7 Å². The smallest absolute Gasteiger partial charge is 0.306 e. The third-order valence-corrected chi connectivity index (χ3v) is 4.51. The molecule has 3 N–H and O–H groups in total. The number of amides is 1. The zero-order valence-electron chi connectivity index (χ0n) is 14.7. The van der Waals surface area contributed by atoms with Gasteiger partial charge in [-0.25, -0.2) is 13.6 Å². The Labute approximate surface area is 157 Å². The van der Waals surface area contributed by atoms with Crippen LogP contribution in [0.2, 0.25) is 0 Å². The number of hydrogen-bond donors (Lipinski definition) is 2. The summed E-state index contributed by atoms with van der Waals surface area (Å²) in [5.41, 5.74) is 1.10. The minimum absolute atomic E-state index is 0.0918. The number of para-hydroxylation sites is 1. The molecule has 144 valence electrons. The molecule has 0 aliphatic rings. The molecule has 0 aliphatic carbocycles. The van der Waals surface area contributed by atoms with Crippen molar-refractivity contribution in [3.8, 4) is 5.75 Å². The van der Waals surface area contributed by atoms with Crippen molar-refractivity contribution in [2.75, 3.05) is 19.0 Å². The normalized spacial score (nSPS) is 10.9. The van der Waals surface area contributed by atoms with Gasteiger partial charge >= 0.3 is 5.97 Å². The number of nitrogens with two attached hydrogens (primary N) is 1. The molecule has 0 spiro atoms. The van der Waals surface area contributed by atoms with Gasteiger partial charge in [0.25, 0.3) is 5.91 Å². The molecular weight excluding hydrogens is 372 g/mol. The van der Waals surface area contributed by atoms with Crippen molar-refractivity contribution in [3.63, 3.8) is 0 Å². The second-order valence-electron chi connectivity index (χ2n) is 5.59. The summed E-state index contributed by atoms with van der Waals surface area (Å²) in [5, 5.41) is 7.48. The quantitative estimate of drug-likeness (QED) is 0.655. The zero-order valence-corrected chi connectivity index (χ0v) is 15.5. The molecule has 8 nitrogen and oxygen atoms in total. The number of primary sulfonamides is 1. The number of rotatable bonds is 8. The van der Waals surface area contributed by atoms with Gasteiger partial charge in [0.1, 0.15) is 5.75 Å². The van der Waals surface area contributed by atoms with Crippen LogP contribution in [0.25, 0.3) is 0 Å². The largest absolute Gasteiger partial charge is 0.496 e. The molecule has 2 aromatic carbocycles. The first kappa shape index (κ1) is 20.4. The maximum Gasteiger partial charge on any atom is 0.306 e. The minimum Gasteiger partial charge on any atom is -0.496 e. The number of sulfonamides is 1. The van der Waals surface area contributed by atoms with Gasteiger partial charge in [-0.15, -0.1) is 0 Å². The van der Waals surface area contributed by atoms with Crippen molar-refractivity contribution < 1.29 is 27.5 Å². The predicted octanol–water partition coefficient (Wildman–Crippen LogP) is 1.46. The summed E-state index contributed by atoms with van der Waals surface area (Å²) in [4.78, 5) is 23.6. The third-order valence-electron chi connectivity index (χ3n) is 3.60. The Hall–Kier alpha value is -2.91. The van der Waals surface area contributed by atoms with Crippen molar-refractivity contribution in [3.05, 3.63) is 54.1 Å². The second-order valence-corrected chi connectivity index (χ2v) is 7.15. The van der Waals surface area contributed by atoms with Crippen LogP contribution >= 0.6 is 0 Å². The number of ether oxygens (including phenoxy) is 2. The monoisotopic (exact) mass is 392 g/mol. The van der Waals surface area contributed by atoms with Crippen LogP contribution in [0, 0.1) is 0 Å². The van der Waals surface area contributed by atoms with E-state index in [0.717, 1.165) is 5.56 Å². The van der Waals surface area contributed by atoms with E-state index in [0.29, 0.717) is 12.2 Å². The van der Waals surface area contributed by atoms with Gasteiger partial charge in [-0.3, -0.25) is 9.59 Å². The van der Waals surface area contributed by atoms with Gasteiger partial charge in [0, 0.05) is 12.1 Å². The lowest BCUT2D eigenvalue weighted by Gasteiger charge is -2.09. The molecule has 0 aromatic heterocycles. The highest BCUT2D eigenvalue weighted by Crippen LogP contribution is 2.19. The van der Waals surface area contributed by atoms with E-state index in [1.54, 1.807) is 13.2 Å². The number of carbonyl (C=O) groups is 2. The topological polar surface area (TPSA) is 125 Å². The maximum atomic E-state index is 11.9. The molecule has 2 aromatic rings. The van der Waals surface area contributed by atoms with Crippen LogP contribution < -0.4 is 15.2 Å². The zero-order chi connectivity index (χ0) is 19.9. The Kier molecular flexibility index (Phi) is 6.91.